The fourth-order valence-electron chi connectivity index (χ4n) is 2.25. The Bertz CT molecular complexity index is 171. The van der Waals surface area contributed by atoms with Crippen molar-refractivity contribution in [3.63, 3.8) is 0 Å². The standard InChI is InChI=1S/C11H22N2O/c1-14-8-2-6-12-10-5-7-13(9-10)11-3-4-11/h10-12H,2-9H2,1H3. The molecule has 82 valence electrons. The van der Waals surface area contributed by atoms with Crippen LogP contribution in [0.1, 0.15) is 25.7 Å². The molecule has 0 aromatic rings. The van der Waals surface area contributed by atoms with Crippen LogP contribution in [0.25, 0.3) is 0 Å². The second-order valence-corrected chi connectivity index (χ2v) is 4.51. The van der Waals surface area contributed by atoms with Gasteiger partial charge < -0.3 is 10.1 Å². The number of nitrogens with one attached hydrogen (secondary N) is 1. The van der Waals surface area contributed by atoms with Crippen LogP contribution in [0.4, 0.5) is 0 Å². The van der Waals surface area contributed by atoms with Crippen LogP contribution in [0.2, 0.25) is 0 Å². The SMILES string of the molecule is COCCCNC1CCN(C2CC2)C1. The molecule has 1 saturated carbocycles. The first-order valence-electron chi connectivity index (χ1n) is 5.86. The van der Waals surface area contributed by atoms with Gasteiger partial charge >= 0.3 is 0 Å². The largest absolute Gasteiger partial charge is 0.385 e. The summed E-state index contributed by atoms with van der Waals surface area (Å²) in [6.07, 6.45) is 5.35. The highest BCUT2D eigenvalue weighted by Gasteiger charge is 2.33. The maximum absolute atomic E-state index is 5.03. The van der Waals surface area contributed by atoms with Gasteiger partial charge in [0.05, 0.1) is 0 Å². The van der Waals surface area contributed by atoms with Gasteiger partial charge in [-0.1, -0.05) is 0 Å². The molecule has 1 atom stereocenters. The molecule has 1 aliphatic heterocycles. The Hall–Kier alpha value is -0.120. The van der Waals surface area contributed by atoms with E-state index in [9.17, 15) is 0 Å². The fraction of sp³-hybridized carbons (Fsp3) is 1.00. The van der Waals surface area contributed by atoms with Crippen molar-refractivity contribution in [1.29, 1.82) is 0 Å². The van der Waals surface area contributed by atoms with Gasteiger partial charge in [-0.2, -0.15) is 0 Å². The van der Waals surface area contributed by atoms with E-state index in [4.69, 9.17) is 4.74 Å². The molecule has 2 fully saturated rings. The van der Waals surface area contributed by atoms with Crippen molar-refractivity contribution in [3.05, 3.63) is 0 Å². The van der Waals surface area contributed by atoms with E-state index >= 15 is 0 Å². The van der Waals surface area contributed by atoms with Crippen molar-refractivity contribution in [2.24, 2.45) is 0 Å². The number of hydrogen-bond donors (Lipinski definition) is 1. The number of rotatable bonds is 6. The van der Waals surface area contributed by atoms with Crippen molar-refractivity contribution in [3.8, 4) is 0 Å². The van der Waals surface area contributed by atoms with Gasteiger partial charge in [-0.3, -0.25) is 4.90 Å². The summed E-state index contributed by atoms with van der Waals surface area (Å²) >= 11 is 0. The molecule has 0 aromatic heterocycles. The summed E-state index contributed by atoms with van der Waals surface area (Å²) in [5.74, 6) is 0. The van der Waals surface area contributed by atoms with E-state index in [1.165, 1.54) is 32.4 Å². The molecule has 2 aliphatic rings. The highest BCUT2D eigenvalue weighted by Crippen LogP contribution is 2.29. The number of ether oxygens (including phenoxy) is 1. The monoisotopic (exact) mass is 198 g/mol. The predicted octanol–water partition coefficient (Wildman–Crippen LogP) is 0.849. The summed E-state index contributed by atoms with van der Waals surface area (Å²) in [6.45, 7) is 4.58. The lowest BCUT2D eigenvalue weighted by Gasteiger charge is -2.15. The topological polar surface area (TPSA) is 24.5 Å². The molecule has 0 aromatic carbocycles. The number of methoxy groups -OCH3 is 1. The first kappa shape index (κ1) is 10.4. The highest BCUT2D eigenvalue weighted by atomic mass is 16.5. The van der Waals surface area contributed by atoms with Gasteiger partial charge in [-0.05, 0) is 32.2 Å². The number of nitrogens with zero attached hydrogens (tertiary/aromatic N) is 1. The molecule has 1 aliphatic carbocycles. The Morgan fingerprint density at radius 1 is 1.36 bits per heavy atom. The average Bonchev–Trinajstić information content (AvgIpc) is 2.94. The smallest absolute Gasteiger partial charge is 0.0474 e. The van der Waals surface area contributed by atoms with Gasteiger partial charge in [0.1, 0.15) is 0 Å². The van der Waals surface area contributed by atoms with E-state index in [2.05, 4.69) is 10.2 Å². The summed E-state index contributed by atoms with van der Waals surface area (Å²) in [7, 11) is 1.77. The fourth-order valence-corrected chi connectivity index (χ4v) is 2.25. The third kappa shape index (κ3) is 2.94. The zero-order valence-corrected chi connectivity index (χ0v) is 9.17. The first-order chi connectivity index (χ1) is 6.90. The lowest BCUT2D eigenvalue weighted by atomic mass is 10.2. The quantitative estimate of drug-likeness (QED) is 0.640. The second kappa shape index (κ2) is 5.10. The van der Waals surface area contributed by atoms with Gasteiger partial charge in [0.2, 0.25) is 0 Å². The van der Waals surface area contributed by atoms with Crippen LogP contribution >= 0.6 is 0 Å². The van der Waals surface area contributed by atoms with Gasteiger partial charge in [0.25, 0.3) is 0 Å². The van der Waals surface area contributed by atoms with E-state index in [1.54, 1.807) is 7.11 Å². The zero-order valence-electron chi connectivity index (χ0n) is 9.17. The van der Waals surface area contributed by atoms with Gasteiger partial charge in [-0.15, -0.1) is 0 Å². The first-order valence-corrected chi connectivity index (χ1v) is 5.86. The van der Waals surface area contributed by atoms with Gasteiger partial charge in [0, 0.05) is 38.9 Å². The Morgan fingerprint density at radius 2 is 2.21 bits per heavy atom. The molecular weight excluding hydrogens is 176 g/mol. The van der Waals surface area contributed by atoms with Gasteiger partial charge in [-0.25, -0.2) is 0 Å². The summed E-state index contributed by atoms with van der Waals surface area (Å²) in [5, 5.41) is 3.61. The van der Waals surface area contributed by atoms with E-state index in [-0.39, 0.29) is 0 Å². The molecule has 1 N–H and O–H groups in total. The minimum absolute atomic E-state index is 0.743. The van der Waals surface area contributed by atoms with Crippen LogP contribution in [0.3, 0.4) is 0 Å². The van der Waals surface area contributed by atoms with E-state index in [0.29, 0.717) is 0 Å². The van der Waals surface area contributed by atoms with Crippen LogP contribution in [-0.2, 0) is 4.74 Å². The highest BCUT2D eigenvalue weighted by molar-refractivity contribution is 4.91. The second-order valence-electron chi connectivity index (χ2n) is 4.51. The molecule has 0 bridgehead atoms. The number of hydrogen-bond acceptors (Lipinski definition) is 3. The molecule has 1 heterocycles. The van der Waals surface area contributed by atoms with Crippen LogP contribution in [-0.4, -0.2) is 50.3 Å². The van der Waals surface area contributed by atoms with Crippen LogP contribution in [0, 0.1) is 0 Å². The van der Waals surface area contributed by atoms with Crippen molar-refractivity contribution < 1.29 is 4.74 Å². The zero-order chi connectivity index (χ0) is 9.80. The van der Waals surface area contributed by atoms with Crippen LogP contribution in [0.15, 0.2) is 0 Å². The lowest BCUT2D eigenvalue weighted by molar-refractivity contribution is 0.193. The Kier molecular flexibility index (Phi) is 3.79. The minimum Gasteiger partial charge on any atom is -0.385 e. The van der Waals surface area contributed by atoms with Crippen molar-refractivity contribution in [2.75, 3.05) is 33.4 Å². The Morgan fingerprint density at radius 3 is 2.93 bits per heavy atom. The molecule has 3 heteroatoms. The van der Waals surface area contributed by atoms with Crippen molar-refractivity contribution in [2.45, 2.75) is 37.8 Å². The molecule has 1 saturated heterocycles. The van der Waals surface area contributed by atoms with Gasteiger partial charge in [0.15, 0.2) is 0 Å². The summed E-state index contributed by atoms with van der Waals surface area (Å²) < 4.78 is 5.03. The van der Waals surface area contributed by atoms with Crippen molar-refractivity contribution >= 4 is 0 Å². The maximum atomic E-state index is 5.03. The summed E-state index contributed by atoms with van der Waals surface area (Å²) in [6, 6.07) is 1.69. The van der Waals surface area contributed by atoms with Crippen molar-refractivity contribution in [1.82, 2.24) is 10.2 Å². The maximum Gasteiger partial charge on any atom is 0.0474 e. The predicted molar refractivity (Wildman–Crippen MR) is 57.5 cm³/mol. The summed E-state index contributed by atoms with van der Waals surface area (Å²) in [5.41, 5.74) is 0. The molecule has 0 radical (unpaired) electrons. The van der Waals surface area contributed by atoms with Crippen LogP contribution < -0.4 is 5.32 Å². The third-order valence-electron chi connectivity index (χ3n) is 3.24. The molecule has 2 rings (SSSR count). The molecule has 0 spiro atoms. The Balaban J connectivity index is 1.54. The minimum atomic E-state index is 0.743. The number of likely N-dealkylation sites (tertiary alicyclic amines) is 1. The summed E-state index contributed by atoms with van der Waals surface area (Å²) in [4.78, 5) is 2.65. The average molecular weight is 198 g/mol. The normalized spacial score (nSPS) is 28.5. The third-order valence-corrected chi connectivity index (χ3v) is 3.24. The van der Waals surface area contributed by atoms with E-state index in [0.717, 1.165) is 31.7 Å². The molecule has 0 amide bonds. The van der Waals surface area contributed by atoms with E-state index in [1.807, 2.05) is 0 Å². The van der Waals surface area contributed by atoms with E-state index < -0.39 is 0 Å². The molecular formula is C11H22N2O. The van der Waals surface area contributed by atoms with Crippen LogP contribution in [0.5, 0.6) is 0 Å². The lowest BCUT2D eigenvalue weighted by Crippen LogP contribution is -2.34. The molecule has 1 unspecified atom stereocenters. The molecule has 14 heavy (non-hydrogen) atoms. The molecule has 3 nitrogen and oxygen atoms in total. The Labute approximate surface area is 86.8 Å².